The fourth-order valence-electron chi connectivity index (χ4n) is 7.55. The molecule has 358 valence electrons. The van der Waals surface area contributed by atoms with Crippen LogP contribution in [0, 0.1) is 0 Å². The minimum Gasteiger partial charge on any atom is -0.457 e. The van der Waals surface area contributed by atoms with Gasteiger partial charge in [0, 0.05) is 13.0 Å². The largest absolute Gasteiger partial charge is 0.472 e. The van der Waals surface area contributed by atoms with Crippen molar-refractivity contribution in [2.45, 2.75) is 258 Å². The summed E-state index contributed by atoms with van der Waals surface area (Å²) in [7, 11) is 1.68. The van der Waals surface area contributed by atoms with Gasteiger partial charge in [-0.15, -0.1) is 0 Å². The topological polar surface area (TPSA) is 91.3 Å². The van der Waals surface area contributed by atoms with Gasteiger partial charge in [0.05, 0.1) is 34.4 Å². The van der Waals surface area contributed by atoms with Crippen molar-refractivity contribution in [1.29, 1.82) is 0 Å². The Morgan fingerprint density at radius 1 is 0.500 bits per heavy atom. The van der Waals surface area contributed by atoms with E-state index >= 15 is 0 Å². The molecule has 0 aliphatic heterocycles. The maximum Gasteiger partial charge on any atom is 0.472 e. The number of rotatable bonds is 49. The van der Waals surface area contributed by atoms with Gasteiger partial charge in [0.15, 0.2) is 0 Å². The Labute approximate surface area is 373 Å². The van der Waals surface area contributed by atoms with Crippen molar-refractivity contribution in [2.75, 3.05) is 54.1 Å². The molecule has 0 aromatic carbocycles. The van der Waals surface area contributed by atoms with Crippen molar-refractivity contribution in [3.63, 3.8) is 0 Å². The number of allylic oxidation sites excluding steroid dienone is 2. The van der Waals surface area contributed by atoms with Crippen LogP contribution in [0.3, 0.4) is 0 Å². The first-order valence-electron chi connectivity index (χ1n) is 25.9. The lowest BCUT2D eigenvalue weighted by molar-refractivity contribution is -0.870. The number of hydrogen-bond donors (Lipinski definition) is 1. The van der Waals surface area contributed by atoms with E-state index in [0.717, 1.165) is 32.1 Å². The van der Waals surface area contributed by atoms with Gasteiger partial charge in [-0.2, -0.15) is 0 Å². The third-order valence-corrected chi connectivity index (χ3v) is 12.6. The van der Waals surface area contributed by atoms with E-state index in [1.165, 1.54) is 199 Å². The first-order chi connectivity index (χ1) is 29.1. The third-order valence-electron chi connectivity index (χ3n) is 11.6. The highest BCUT2D eigenvalue weighted by atomic mass is 31.2. The summed E-state index contributed by atoms with van der Waals surface area (Å²) in [6.45, 7) is 5.68. The smallest absolute Gasteiger partial charge is 0.457 e. The Morgan fingerprint density at radius 2 is 0.867 bits per heavy atom. The van der Waals surface area contributed by atoms with Crippen molar-refractivity contribution < 1.29 is 37.3 Å². The van der Waals surface area contributed by atoms with E-state index < -0.39 is 13.9 Å². The number of nitrogens with zero attached hydrogens (tertiary/aromatic N) is 1. The van der Waals surface area contributed by atoms with E-state index in [2.05, 4.69) is 26.0 Å². The zero-order valence-corrected chi connectivity index (χ0v) is 41.6. The molecule has 0 bridgehead atoms. The van der Waals surface area contributed by atoms with E-state index in [1.807, 2.05) is 21.1 Å². The number of hydrogen-bond acceptors (Lipinski definition) is 6. The van der Waals surface area contributed by atoms with Crippen LogP contribution >= 0.6 is 7.82 Å². The molecule has 9 heteroatoms. The van der Waals surface area contributed by atoms with Crippen LogP contribution in [-0.4, -0.2) is 75.6 Å². The molecule has 0 aliphatic carbocycles. The summed E-state index contributed by atoms with van der Waals surface area (Å²) in [6.07, 6.45) is 51.1. The monoisotopic (exact) mass is 873 g/mol. The SMILES string of the molecule is CCCCCCCCCC/C=C\CCCCCCCCCCCC(=O)OC(COCCCCCCCCCCCCCCCCCCC)COP(=O)(O)OCC[N+](C)(C)C. The second kappa shape index (κ2) is 44.8. The predicted octanol–water partition coefficient (Wildman–Crippen LogP) is 15.8. The lowest BCUT2D eigenvalue weighted by Crippen LogP contribution is -2.37. The normalized spacial score (nSPS) is 13.6. The third kappa shape index (κ3) is 48.3. The molecule has 0 aromatic rings. The van der Waals surface area contributed by atoms with Crippen LogP contribution in [0.2, 0.25) is 0 Å². The zero-order valence-electron chi connectivity index (χ0n) is 40.7. The Balaban J connectivity index is 4.10. The first-order valence-corrected chi connectivity index (χ1v) is 27.4. The van der Waals surface area contributed by atoms with E-state index in [4.69, 9.17) is 18.5 Å². The van der Waals surface area contributed by atoms with Crippen LogP contribution in [0.5, 0.6) is 0 Å². The summed E-state index contributed by atoms with van der Waals surface area (Å²) < 4.78 is 35.2. The van der Waals surface area contributed by atoms with Gasteiger partial charge >= 0.3 is 13.8 Å². The van der Waals surface area contributed by atoms with Crippen LogP contribution in [0.25, 0.3) is 0 Å². The minimum atomic E-state index is -4.27. The molecular weight excluding hydrogens is 770 g/mol. The van der Waals surface area contributed by atoms with E-state index in [9.17, 15) is 14.3 Å². The summed E-state index contributed by atoms with van der Waals surface area (Å²) >= 11 is 0. The molecule has 0 saturated carbocycles. The van der Waals surface area contributed by atoms with Crippen LogP contribution < -0.4 is 0 Å². The van der Waals surface area contributed by atoms with Gasteiger partial charge in [-0.1, -0.05) is 219 Å². The maximum atomic E-state index is 12.8. The Bertz CT molecular complexity index is 972. The standard InChI is InChI=1S/C51H102NO7P/c1-6-8-10-12-14-16-18-20-22-24-25-26-27-28-30-32-34-36-38-40-42-44-51(53)59-50(49-58-60(54,55)57-47-45-52(3,4)5)48-56-46-43-41-39-37-35-33-31-29-23-21-19-17-15-13-11-9-7-2/h24-25,50H,6-23,26-49H2,1-5H3/p+1/b25-24-. The van der Waals surface area contributed by atoms with Crippen LogP contribution in [0.4, 0.5) is 0 Å². The lowest BCUT2D eigenvalue weighted by Gasteiger charge is -2.24. The summed E-state index contributed by atoms with van der Waals surface area (Å²) in [5.74, 6) is -0.310. The van der Waals surface area contributed by atoms with Gasteiger partial charge in [-0.05, 0) is 38.5 Å². The quantitative estimate of drug-likeness (QED) is 0.0214. The number of quaternary nitrogens is 1. The highest BCUT2D eigenvalue weighted by Crippen LogP contribution is 2.43. The van der Waals surface area contributed by atoms with Crippen molar-refractivity contribution in [1.82, 2.24) is 0 Å². The predicted molar refractivity (Wildman–Crippen MR) is 257 cm³/mol. The van der Waals surface area contributed by atoms with Gasteiger partial charge in [0.25, 0.3) is 0 Å². The van der Waals surface area contributed by atoms with Crippen LogP contribution in [0.15, 0.2) is 12.2 Å². The average molecular weight is 873 g/mol. The average Bonchev–Trinajstić information content (AvgIpc) is 3.20. The molecule has 60 heavy (non-hydrogen) atoms. The number of esters is 1. The van der Waals surface area contributed by atoms with Gasteiger partial charge in [0.1, 0.15) is 19.3 Å². The highest BCUT2D eigenvalue weighted by molar-refractivity contribution is 7.47. The molecular formula is C51H103NO7P+. The number of carbonyl (C=O) groups excluding carboxylic acids is 1. The molecule has 0 radical (unpaired) electrons. The Hall–Kier alpha value is -0.760. The molecule has 8 nitrogen and oxygen atoms in total. The zero-order chi connectivity index (χ0) is 44.1. The van der Waals surface area contributed by atoms with Crippen molar-refractivity contribution in [2.24, 2.45) is 0 Å². The molecule has 0 aromatic heterocycles. The fraction of sp³-hybridized carbons (Fsp3) is 0.941. The Morgan fingerprint density at radius 3 is 1.27 bits per heavy atom. The van der Waals surface area contributed by atoms with Crippen LogP contribution in [0.1, 0.15) is 251 Å². The van der Waals surface area contributed by atoms with Gasteiger partial charge in [0.2, 0.25) is 0 Å². The summed E-state index contributed by atoms with van der Waals surface area (Å²) in [4.78, 5) is 23.0. The van der Waals surface area contributed by atoms with Gasteiger partial charge < -0.3 is 18.9 Å². The highest BCUT2D eigenvalue weighted by Gasteiger charge is 2.26. The molecule has 0 amide bonds. The van der Waals surface area contributed by atoms with Gasteiger partial charge in [-0.25, -0.2) is 4.57 Å². The summed E-state index contributed by atoms with van der Waals surface area (Å²) in [6, 6.07) is 0. The lowest BCUT2D eigenvalue weighted by atomic mass is 10.0. The Kier molecular flexibility index (Phi) is 44.3. The number of ether oxygens (including phenoxy) is 2. The van der Waals surface area contributed by atoms with Crippen molar-refractivity contribution >= 4 is 13.8 Å². The molecule has 1 N–H and O–H groups in total. The number of phosphoric acid groups is 1. The molecule has 2 atom stereocenters. The first kappa shape index (κ1) is 59.2. The van der Waals surface area contributed by atoms with E-state index in [1.54, 1.807) is 0 Å². The molecule has 0 heterocycles. The summed E-state index contributed by atoms with van der Waals surface area (Å²) in [5.41, 5.74) is 0. The van der Waals surface area contributed by atoms with E-state index in [0.29, 0.717) is 24.1 Å². The van der Waals surface area contributed by atoms with E-state index in [-0.39, 0.29) is 25.8 Å². The molecule has 0 fully saturated rings. The van der Waals surface area contributed by atoms with Crippen LogP contribution in [-0.2, 0) is 27.9 Å². The molecule has 2 unspecified atom stereocenters. The fourth-order valence-corrected chi connectivity index (χ4v) is 8.29. The van der Waals surface area contributed by atoms with Gasteiger partial charge in [-0.3, -0.25) is 13.8 Å². The molecule has 0 spiro atoms. The maximum absolute atomic E-state index is 12.8. The molecule has 0 aliphatic rings. The second-order valence-corrected chi connectivity index (χ2v) is 20.4. The second-order valence-electron chi connectivity index (χ2n) is 18.9. The minimum absolute atomic E-state index is 0.0919. The molecule has 0 saturated heterocycles. The number of unbranched alkanes of at least 4 members (excludes halogenated alkanes) is 33. The number of phosphoric ester groups is 1. The number of carbonyl (C=O) groups is 1. The number of likely N-dealkylation sites (N-methyl/N-ethyl adjacent to an activating group) is 1. The molecule has 0 rings (SSSR count). The van der Waals surface area contributed by atoms with Crippen molar-refractivity contribution in [3.05, 3.63) is 12.2 Å². The van der Waals surface area contributed by atoms with Crippen molar-refractivity contribution in [3.8, 4) is 0 Å². The summed E-state index contributed by atoms with van der Waals surface area (Å²) in [5, 5.41) is 0.